The van der Waals surface area contributed by atoms with Crippen LogP contribution in [0.1, 0.15) is 22.0 Å². The van der Waals surface area contributed by atoms with Crippen molar-refractivity contribution < 1.29 is 13.9 Å². The molecular formula is C14H10ClFN2O2. The minimum Gasteiger partial charge on any atom is -0.491 e. The molecule has 2 heterocycles. The topological polar surface area (TPSA) is 51.2 Å². The van der Waals surface area contributed by atoms with E-state index >= 15 is 0 Å². The second-order valence-electron chi connectivity index (χ2n) is 4.37. The van der Waals surface area contributed by atoms with Gasteiger partial charge in [0.25, 0.3) is 5.91 Å². The summed E-state index contributed by atoms with van der Waals surface area (Å²) in [5.41, 5.74) is 0.900. The fourth-order valence-electron chi connectivity index (χ4n) is 2.10. The summed E-state index contributed by atoms with van der Waals surface area (Å²) in [5, 5.41) is 2.73. The van der Waals surface area contributed by atoms with Crippen molar-refractivity contribution in [2.45, 2.75) is 6.04 Å². The highest BCUT2D eigenvalue weighted by molar-refractivity contribution is 6.32. The molecule has 20 heavy (non-hydrogen) atoms. The van der Waals surface area contributed by atoms with Crippen LogP contribution >= 0.6 is 11.6 Å². The van der Waals surface area contributed by atoms with Gasteiger partial charge in [-0.3, -0.25) is 4.79 Å². The molecule has 1 amide bonds. The molecule has 0 bridgehead atoms. The summed E-state index contributed by atoms with van der Waals surface area (Å²) in [4.78, 5) is 15.7. The third-order valence-corrected chi connectivity index (χ3v) is 3.36. The molecule has 1 aromatic carbocycles. The first-order valence-corrected chi connectivity index (χ1v) is 6.36. The highest BCUT2D eigenvalue weighted by Gasteiger charge is 2.26. The minimum atomic E-state index is -0.609. The van der Waals surface area contributed by atoms with Crippen molar-refractivity contribution in [2.24, 2.45) is 0 Å². The number of pyridine rings is 1. The summed E-state index contributed by atoms with van der Waals surface area (Å²) >= 11 is 5.81. The monoisotopic (exact) mass is 292 g/mol. The number of ether oxygens (including phenoxy) is 1. The normalized spacial score (nSPS) is 16.4. The maximum atomic E-state index is 13.1. The molecule has 1 aromatic heterocycles. The number of carbonyl (C=O) groups excluding carboxylic acids is 1. The third-order valence-electron chi connectivity index (χ3n) is 3.06. The number of nitrogens with zero attached hydrogens (tertiary/aromatic N) is 1. The zero-order valence-electron chi connectivity index (χ0n) is 10.3. The van der Waals surface area contributed by atoms with Gasteiger partial charge in [0.05, 0.1) is 17.8 Å². The maximum absolute atomic E-state index is 13.1. The van der Waals surface area contributed by atoms with E-state index in [9.17, 15) is 9.18 Å². The fraction of sp³-hybridized carbons (Fsp3) is 0.143. The van der Waals surface area contributed by atoms with E-state index in [1.165, 1.54) is 0 Å². The van der Waals surface area contributed by atoms with E-state index in [2.05, 4.69) is 10.3 Å². The lowest BCUT2D eigenvalue weighted by Crippen LogP contribution is -2.29. The van der Waals surface area contributed by atoms with Crippen LogP contribution in [0.15, 0.2) is 36.5 Å². The van der Waals surface area contributed by atoms with Crippen molar-refractivity contribution in [3.05, 3.63) is 58.6 Å². The van der Waals surface area contributed by atoms with Crippen LogP contribution in [0.3, 0.4) is 0 Å². The molecule has 0 saturated heterocycles. The molecular weight excluding hydrogens is 283 g/mol. The number of hydrogen-bond donors (Lipinski definition) is 1. The van der Waals surface area contributed by atoms with Gasteiger partial charge in [-0.25, -0.2) is 9.37 Å². The number of hydrogen-bond acceptors (Lipinski definition) is 3. The van der Waals surface area contributed by atoms with Crippen LogP contribution in [0.25, 0.3) is 0 Å². The van der Waals surface area contributed by atoms with Crippen molar-refractivity contribution in [1.82, 2.24) is 10.3 Å². The van der Waals surface area contributed by atoms with Gasteiger partial charge in [0, 0.05) is 5.56 Å². The largest absolute Gasteiger partial charge is 0.491 e. The van der Waals surface area contributed by atoms with Crippen LogP contribution in [0, 0.1) is 5.82 Å². The Balaban J connectivity index is 1.82. The Hall–Kier alpha value is -2.14. The molecule has 0 saturated carbocycles. The Labute approximate surface area is 119 Å². The molecule has 6 heteroatoms. The molecule has 0 spiro atoms. The highest BCUT2D eigenvalue weighted by Crippen LogP contribution is 2.32. The van der Waals surface area contributed by atoms with Crippen LogP contribution in [0.2, 0.25) is 5.15 Å². The van der Waals surface area contributed by atoms with Gasteiger partial charge in [-0.2, -0.15) is 0 Å². The van der Waals surface area contributed by atoms with Crippen molar-refractivity contribution in [1.29, 1.82) is 0 Å². The maximum Gasteiger partial charge on any atom is 0.255 e. The highest BCUT2D eigenvalue weighted by atomic mass is 35.5. The van der Waals surface area contributed by atoms with Gasteiger partial charge in [0.2, 0.25) is 0 Å². The average Bonchev–Trinajstić information content (AvgIpc) is 2.85. The quantitative estimate of drug-likeness (QED) is 0.866. The Kier molecular flexibility index (Phi) is 3.28. The Morgan fingerprint density at radius 1 is 1.45 bits per heavy atom. The number of aromatic nitrogens is 1. The summed E-state index contributed by atoms with van der Waals surface area (Å²) in [6.45, 7) is 0.339. The van der Waals surface area contributed by atoms with Crippen molar-refractivity contribution >= 4 is 17.5 Å². The average molecular weight is 293 g/mol. The number of nitrogens with one attached hydrogen (secondary N) is 1. The summed E-state index contributed by atoms with van der Waals surface area (Å²) in [7, 11) is 0. The molecule has 1 atom stereocenters. The van der Waals surface area contributed by atoms with Crippen molar-refractivity contribution in [3.63, 3.8) is 0 Å². The van der Waals surface area contributed by atoms with E-state index in [0.717, 1.165) is 23.6 Å². The summed E-state index contributed by atoms with van der Waals surface area (Å²) < 4.78 is 18.6. The lowest BCUT2D eigenvalue weighted by molar-refractivity contribution is 0.0929. The Morgan fingerprint density at radius 3 is 3.10 bits per heavy atom. The molecule has 1 N–H and O–H groups in total. The number of halogens is 2. The molecule has 1 aliphatic heterocycles. The first-order chi connectivity index (χ1) is 9.65. The van der Waals surface area contributed by atoms with Crippen LogP contribution in [-0.4, -0.2) is 17.5 Å². The lowest BCUT2D eigenvalue weighted by Gasteiger charge is -2.12. The van der Waals surface area contributed by atoms with Gasteiger partial charge in [0.1, 0.15) is 23.3 Å². The summed E-state index contributed by atoms with van der Waals surface area (Å²) in [6.07, 6.45) is 0.965. The van der Waals surface area contributed by atoms with Gasteiger partial charge >= 0.3 is 0 Å². The predicted octanol–water partition coefficient (Wildman–Crippen LogP) is 2.74. The summed E-state index contributed by atoms with van der Waals surface area (Å²) in [5.74, 6) is -0.351. The first kappa shape index (κ1) is 12.9. The van der Waals surface area contributed by atoms with E-state index in [1.54, 1.807) is 0 Å². The number of rotatable bonds is 2. The van der Waals surface area contributed by atoms with Gasteiger partial charge in [0.15, 0.2) is 0 Å². The Morgan fingerprint density at radius 2 is 2.25 bits per heavy atom. The van der Waals surface area contributed by atoms with Gasteiger partial charge in [-0.15, -0.1) is 0 Å². The zero-order valence-corrected chi connectivity index (χ0v) is 11.0. The van der Waals surface area contributed by atoms with E-state index in [4.69, 9.17) is 16.3 Å². The molecule has 0 fully saturated rings. The van der Waals surface area contributed by atoms with Crippen LogP contribution in [-0.2, 0) is 0 Å². The van der Waals surface area contributed by atoms with Gasteiger partial charge < -0.3 is 10.1 Å². The van der Waals surface area contributed by atoms with Gasteiger partial charge in [-0.1, -0.05) is 29.8 Å². The van der Waals surface area contributed by atoms with Crippen molar-refractivity contribution in [2.75, 3.05) is 6.61 Å². The fourth-order valence-corrected chi connectivity index (χ4v) is 2.29. The molecule has 0 aliphatic carbocycles. The van der Waals surface area contributed by atoms with Gasteiger partial charge in [-0.05, 0) is 12.1 Å². The number of fused-ring (bicyclic) bond motifs is 1. The standard InChI is InChI=1S/C14H10ClFN2O2/c15-13-10(5-8(16)6-17-13)14(19)18-11-7-20-12-4-2-1-3-9(11)12/h1-6,11H,7H2,(H,18,19). The second kappa shape index (κ2) is 5.09. The molecule has 4 nitrogen and oxygen atoms in total. The van der Waals surface area contributed by atoms with E-state index in [0.29, 0.717) is 6.61 Å². The predicted molar refractivity (Wildman–Crippen MR) is 71.3 cm³/mol. The molecule has 1 unspecified atom stereocenters. The summed E-state index contributed by atoms with van der Waals surface area (Å²) in [6, 6.07) is 8.21. The van der Waals surface area contributed by atoms with Crippen LogP contribution in [0.4, 0.5) is 4.39 Å². The molecule has 2 aromatic rings. The van der Waals surface area contributed by atoms with E-state index < -0.39 is 11.7 Å². The number of carbonyl (C=O) groups is 1. The number of amides is 1. The SMILES string of the molecule is O=C(NC1COc2ccccc21)c1cc(F)cnc1Cl. The number of benzene rings is 1. The molecule has 1 aliphatic rings. The first-order valence-electron chi connectivity index (χ1n) is 5.99. The van der Waals surface area contributed by atoms with Crippen LogP contribution < -0.4 is 10.1 Å². The third kappa shape index (κ3) is 2.32. The smallest absolute Gasteiger partial charge is 0.255 e. The number of para-hydroxylation sites is 1. The minimum absolute atomic E-state index is 0.0102. The van der Waals surface area contributed by atoms with E-state index in [-0.39, 0.29) is 16.8 Å². The van der Waals surface area contributed by atoms with E-state index in [1.807, 2.05) is 24.3 Å². The lowest BCUT2D eigenvalue weighted by atomic mass is 10.1. The zero-order chi connectivity index (χ0) is 14.1. The Bertz CT molecular complexity index is 678. The molecule has 102 valence electrons. The van der Waals surface area contributed by atoms with Crippen molar-refractivity contribution in [3.8, 4) is 5.75 Å². The molecule has 0 radical (unpaired) electrons. The van der Waals surface area contributed by atoms with Crippen LogP contribution in [0.5, 0.6) is 5.75 Å². The molecule has 3 rings (SSSR count). The second-order valence-corrected chi connectivity index (χ2v) is 4.72.